The van der Waals surface area contributed by atoms with Crippen molar-refractivity contribution >= 4 is 11.9 Å². The first kappa shape index (κ1) is 13.7. The Morgan fingerprint density at radius 2 is 2.26 bits per heavy atom. The van der Waals surface area contributed by atoms with Gasteiger partial charge >= 0.3 is 0 Å². The fourth-order valence-corrected chi connectivity index (χ4v) is 2.26. The zero-order valence-electron chi connectivity index (χ0n) is 11.0. The van der Waals surface area contributed by atoms with E-state index < -0.39 is 0 Å². The molecule has 1 unspecified atom stereocenters. The van der Waals surface area contributed by atoms with Crippen LogP contribution >= 0.6 is 0 Å². The summed E-state index contributed by atoms with van der Waals surface area (Å²) in [5.41, 5.74) is 0. The Morgan fingerprint density at radius 3 is 3.00 bits per heavy atom. The summed E-state index contributed by atoms with van der Waals surface area (Å²) in [6, 6.07) is 1.78. The number of carbonyl (C=O) groups is 1. The molecular weight excluding hydrogens is 244 g/mol. The van der Waals surface area contributed by atoms with Crippen LogP contribution in [0.3, 0.4) is 0 Å². The SMILES string of the molecule is O=C(NCCCO)C1CCCN(c2ncccn2)C1. The van der Waals surface area contributed by atoms with Crippen LogP contribution in [0.15, 0.2) is 18.5 Å². The highest BCUT2D eigenvalue weighted by molar-refractivity contribution is 5.79. The van der Waals surface area contributed by atoms with Gasteiger partial charge in [-0.1, -0.05) is 0 Å². The van der Waals surface area contributed by atoms with Crippen LogP contribution in [-0.4, -0.2) is 47.2 Å². The van der Waals surface area contributed by atoms with Gasteiger partial charge in [0.05, 0.1) is 5.92 Å². The van der Waals surface area contributed by atoms with Crippen LogP contribution in [0.4, 0.5) is 5.95 Å². The molecule has 1 aliphatic rings. The summed E-state index contributed by atoms with van der Waals surface area (Å²) in [5, 5.41) is 11.6. The van der Waals surface area contributed by atoms with E-state index in [0.29, 0.717) is 25.5 Å². The molecule has 104 valence electrons. The van der Waals surface area contributed by atoms with Gasteiger partial charge in [0.2, 0.25) is 11.9 Å². The molecule has 0 aliphatic carbocycles. The number of carbonyl (C=O) groups excluding carboxylic acids is 1. The zero-order valence-corrected chi connectivity index (χ0v) is 11.0. The van der Waals surface area contributed by atoms with Gasteiger partial charge in [-0.05, 0) is 25.3 Å². The van der Waals surface area contributed by atoms with Gasteiger partial charge in [0, 0.05) is 38.6 Å². The van der Waals surface area contributed by atoms with Crippen molar-refractivity contribution in [1.29, 1.82) is 0 Å². The number of piperidine rings is 1. The lowest BCUT2D eigenvalue weighted by atomic mass is 9.97. The maximum Gasteiger partial charge on any atom is 0.225 e. The molecule has 2 N–H and O–H groups in total. The highest BCUT2D eigenvalue weighted by atomic mass is 16.3. The number of nitrogens with zero attached hydrogens (tertiary/aromatic N) is 3. The van der Waals surface area contributed by atoms with E-state index in [1.165, 1.54) is 0 Å². The standard InChI is InChI=1S/C13H20N4O2/c18-9-3-7-14-12(19)11-4-1-8-17(10-11)13-15-5-2-6-16-13/h2,5-6,11,18H,1,3-4,7-10H2,(H,14,19). The second-order valence-electron chi connectivity index (χ2n) is 4.70. The third-order valence-corrected chi connectivity index (χ3v) is 3.26. The average molecular weight is 264 g/mol. The van der Waals surface area contributed by atoms with Gasteiger partial charge in [0.25, 0.3) is 0 Å². The largest absolute Gasteiger partial charge is 0.396 e. The number of rotatable bonds is 5. The van der Waals surface area contributed by atoms with Gasteiger partial charge in [-0.3, -0.25) is 4.79 Å². The molecule has 1 aromatic heterocycles. The van der Waals surface area contributed by atoms with Crippen molar-refractivity contribution in [3.8, 4) is 0 Å². The lowest BCUT2D eigenvalue weighted by molar-refractivity contribution is -0.125. The molecule has 1 atom stereocenters. The Kier molecular flexibility index (Phi) is 5.09. The Morgan fingerprint density at radius 1 is 1.47 bits per heavy atom. The molecule has 6 nitrogen and oxygen atoms in total. The monoisotopic (exact) mass is 264 g/mol. The van der Waals surface area contributed by atoms with Crippen molar-refractivity contribution < 1.29 is 9.90 Å². The van der Waals surface area contributed by atoms with Crippen LogP contribution < -0.4 is 10.2 Å². The average Bonchev–Trinajstić information content (AvgIpc) is 2.48. The highest BCUT2D eigenvalue weighted by Crippen LogP contribution is 2.19. The van der Waals surface area contributed by atoms with E-state index in [-0.39, 0.29) is 18.4 Å². The molecule has 1 amide bonds. The fraction of sp³-hybridized carbons (Fsp3) is 0.615. The summed E-state index contributed by atoms with van der Waals surface area (Å²) in [4.78, 5) is 22.5. The minimum atomic E-state index is -0.0174. The topological polar surface area (TPSA) is 78.4 Å². The first-order valence-electron chi connectivity index (χ1n) is 6.72. The van der Waals surface area contributed by atoms with E-state index in [1.807, 2.05) is 0 Å². The van der Waals surface area contributed by atoms with Crippen LogP contribution in [-0.2, 0) is 4.79 Å². The summed E-state index contributed by atoms with van der Waals surface area (Å²) >= 11 is 0. The minimum Gasteiger partial charge on any atom is -0.396 e. The van der Waals surface area contributed by atoms with Crippen LogP contribution in [0.1, 0.15) is 19.3 Å². The van der Waals surface area contributed by atoms with Crippen molar-refractivity contribution in [3.63, 3.8) is 0 Å². The maximum atomic E-state index is 12.0. The minimum absolute atomic E-state index is 0.0174. The molecule has 1 fully saturated rings. The molecule has 0 spiro atoms. The second-order valence-corrected chi connectivity index (χ2v) is 4.70. The van der Waals surface area contributed by atoms with Crippen LogP contribution in [0.25, 0.3) is 0 Å². The Balaban J connectivity index is 1.88. The van der Waals surface area contributed by atoms with Crippen molar-refractivity contribution in [2.24, 2.45) is 5.92 Å². The van der Waals surface area contributed by atoms with Gasteiger partial charge < -0.3 is 15.3 Å². The summed E-state index contributed by atoms with van der Waals surface area (Å²) in [6.07, 6.45) is 5.90. The third kappa shape index (κ3) is 3.89. The van der Waals surface area contributed by atoms with Crippen molar-refractivity contribution in [1.82, 2.24) is 15.3 Å². The lowest BCUT2D eigenvalue weighted by Crippen LogP contribution is -2.44. The molecule has 0 radical (unpaired) electrons. The quantitative estimate of drug-likeness (QED) is 0.742. The second kappa shape index (κ2) is 7.04. The molecule has 1 saturated heterocycles. The van der Waals surface area contributed by atoms with E-state index >= 15 is 0 Å². The van der Waals surface area contributed by atoms with Gasteiger partial charge in [-0.25, -0.2) is 9.97 Å². The summed E-state index contributed by atoms with van der Waals surface area (Å²) in [6.45, 7) is 2.20. The van der Waals surface area contributed by atoms with Crippen molar-refractivity contribution in [3.05, 3.63) is 18.5 Å². The summed E-state index contributed by atoms with van der Waals surface area (Å²) in [5.74, 6) is 0.737. The number of aliphatic hydroxyl groups excluding tert-OH is 1. The van der Waals surface area contributed by atoms with Crippen LogP contribution in [0.2, 0.25) is 0 Å². The van der Waals surface area contributed by atoms with E-state index in [0.717, 1.165) is 19.4 Å². The normalized spacial score (nSPS) is 19.2. The fourth-order valence-electron chi connectivity index (χ4n) is 2.26. The van der Waals surface area contributed by atoms with Crippen LogP contribution in [0.5, 0.6) is 0 Å². The molecule has 0 saturated carbocycles. The molecule has 19 heavy (non-hydrogen) atoms. The van der Waals surface area contributed by atoms with Gasteiger partial charge in [-0.15, -0.1) is 0 Å². The van der Waals surface area contributed by atoms with Gasteiger partial charge in [0.1, 0.15) is 0 Å². The number of nitrogens with one attached hydrogen (secondary N) is 1. The number of anilines is 1. The molecule has 2 heterocycles. The highest BCUT2D eigenvalue weighted by Gasteiger charge is 2.26. The Hall–Kier alpha value is -1.69. The van der Waals surface area contributed by atoms with Crippen molar-refractivity contribution in [2.45, 2.75) is 19.3 Å². The van der Waals surface area contributed by atoms with Gasteiger partial charge in [-0.2, -0.15) is 0 Å². The molecule has 2 rings (SSSR count). The first-order chi connectivity index (χ1) is 9.31. The summed E-state index contributed by atoms with van der Waals surface area (Å²) in [7, 11) is 0. The Bertz CT molecular complexity index is 399. The predicted octanol–water partition coefficient (Wildman–Crippen LogP) is 0.192. The van der Waals surface area contributed by atoms with E-state index in [1.54, 1.807) is 18.5 Å². The van der Waals surface area contributed by atoms with Crippen LogP contribution in [0, 0.1) is 5.92 Å². The zero-order chi connectivity index (χ0) is 13.5. The smallest absolute Gasteiger partial charge is 0.225 e. The molecular formula is C13H20N4O2. The van der Waals surface area contributed by atoms with Crippen molar-refractivity contribution in [2.75, 3.05) is 31.1 Å². The summed E-state index contributed by atoms with van der Waals surface area (Å²) < 4.78 is 0. The number of aliphatic hydroxyl groups is 1. The molecule has 6 heteroatoms. The molecule has 0 aromatic carbocycles. The first-order valence-corrected chi connectivity index (χ1v) is 6.72. The Labute approximate surface area is 112 Å². The number of amides is 1. The number of aromatic nitrogens is 2. The molecule has 1 aliphatic heterocycles. The molecule has 1 aromatic rings. The maximum absolute atomic E-state index is 12.0. The number of hydrogen-bond donors (Lipinski definition) is 2. The van der Waals surface area contributed by atoms with E-state index in [9.17, 15) is 4.79 Å². The lowest BCUT2D eigenvalue weighted by Gasteiger charge is -2.31. The predicted molar refractivity (Wildman–Crippen MR) is 71.7 cm³/mol. The van der Waals surface area contributed by atoms with Gasteiger partial charge in [0.15, 0.2) is 0 Å². The van der Waals surface area contributed by atoms with E-state index in [2.05, 4.69) is 20.2 Å². The third-order valence-electron chi connectivity index (χ3n) is 3.26. The number of hydrogen-bond acceptors (Lipinski definition) is 5. The molecule has 0 bridgehead atoms. The van der Waals surface area contributed by atoms with E-state index in [4.69, 9.17) is 5.11 Å².